The number of carbonyl (C=O) groups excluding carboxylic acids is 1. The molecule has 24 heavy (non-hydrogen) atoms. The number of urea groups is 1. The van der Waals surface area contributed by atoms with Crippen molar-refractivity contribution in [3.8, 4) is 0 Å². The van der Waals surface area contributed by atoms with Gasteiger partial charge in [0.05, 0.1) is 6.54 Å². The average molecular weight is 339 g/mol. The van der Waals surface area contributed by atoms with Crippen molar-refractivity contribution >= 4 is 12.0 Å². The van der Waals surface area contributed by atoms with Gasteiger partial charge in [0.1, 0.15) is 0 Å². The molecule has 2 rings (SSSR count). The van der Waals surface area contributed by atoms with Gasteiger partial charge >= 0.3 is 12.0 Å². The minimum absolute atomic E-state index is 0.0698. The molecule has 0 atom stereocenters. The van der Waals surface area contributed by atoms with E-state index in [4.69, 9.17) is 5.11 Å². The molecule has 0 aromatic heterocycles. The summed E-state index contributed by atoms with van der Waals surface area (Å²) in [5.41, 5.74) is 0. The van der Waals surface area contributed by atoms with Gasteiger partial charge in [0.2, 0.25) is 0 Å². The van der Waals surface area contributed by atoms with Gasteiger partial charge in [-0.25, -0.2) is 4.79 Å². The molecule has 2 aliphatic rings. The molecule has 0 saturated heterocycles. The van der Waals surface area contributed by atoms with Crippen molar-refractivity contribution in [2.24, 2.45) is 5.92 Å². The molecular weight excluding hydrogens is 306 g/mol. The molecule has 0 spiro atoms. The van der Waals surface area contributed by atoms with Crippen LogP contribution in [-0.2, 0) is 4.79 Å². The summed E-state index contributed by atoms with van der Waals surface area (Å²) >= 11 is 0. The van der Waals surface area contributed by atoms with Crippen LogP contribution in [0.25, 0.3) is 0 Å². The van der Waals surface area contributed by atoms with Crippen LogP contribution in [0, 0.1) is 5.92 Å². The lowest BCUT2D eigenvalue weighted by Crippen LogP contribution is -2.58. The Bertz CT molecular complexity index is 429. The number of carboxylic acid groups (broad SMARTS) is 1. The SMILES string of the molecule is CCN(CC(=O)O)C1CC(NC(=O)N(CC(C)C)C2CCCC2)C1. The fourth-order valence-electron chi connectivity index (χ4n) is 3.94. The first-order valence-electron chi connectivity index (χ1n) is 9.43. The Morgan fingerprint density at radius 2 is 1.79 bits per heavy atom. The Kier molecular flexibility index (Phi) is 6.90. The average Bonchev–Trinajstić information content (AvgIpc) is 2.99. The summed E-state index contributed by atoms with van der Waals surface area (Å²) in [6.07, 6.45) is 6.39. The third-order valence-corrected chi connectivity index (χ3v) is 5.29. The topological polar surface area (TPSA) is 72.9 Å². The number of likely N-dealkylation sites (N-methyl/N-ethyl adjacent to an activating group) is 1. The Hall–Kier alpha value is -1.30. The molecule has 2 fully saturated rings. The van der Waals surface area contributed by atoms with E-state index in [0.29, 0.717) is 12.0 Å². The lowest BCUT2D eigenvalue weighted by atomic mass is 9.85. The Labute approximate surface area is 145 Å². The fourth-order valence-corrected chi connectivity index (χ4v) is 3.94. The highest BCUT2D eigenvalue weighted by Crippen LogP contribution is 2.28. The van der Waals surface area contributed by atoms with Gasteiger partial charge in [-0.1, -0.05) is 33.6 Å². The molecule has 0 bridgehead atoms. The third kappa shape index (κ3) is 5.10. The van der Waals surface area contributed by atoms with Crippen molar-refractivity contribution in [1.29, 1.82) is 0 Å². The second kappa shape index (κ2) is 8.70. The van der Waals surface area contributed by atoms with Crippen molar-refractivity contribution < 1.29 is 14.7 Å². The zero-order valence-corrected chi connectivity index (χ0v) is 15.3. The molecule has 0 aromatic carbocycles. The third-order valence-electron chi connectivity index (χ3n) is 5.29. The Morgan fingerprint density at radius 1 is 1.17 bits per heavy atom. The lowest BCUT2D eigenvalue weighted by molar-refractivity contribution is -0.139. The molecule has 0 radical (unpaired) electrons. The van der Waals surface area contributed by atoms with E-state index < -0.39 is 5.97 Å². The summed E-state index contributed by atoms with van der Waals surface area (Å²) in [7, 11) is 0. The molecule has 0 unspecified atom stereocenters. The standard InChI is InChI=1S/C18H33N3O3/c1-4-20(12-17(22)23)16-9-14(10-16)19-18(24)21(11-13(2)3)15-7-5-6-8-15/h13-16H,4-12H2,1-3H3,(H,19,24)(H,22,23). The first kappa shape index (κ1) is 19.0. The van der Waals surface area contributed by atoms with Crippen LogP contribution < -0.4 is 5.32 Å². The summed E-state index contributed by atoms with van der Waals surface area (Å²) in [5.74, 6) is -0.315. The summed E-state index contributed by atoms with van der Waals surface area (Å²) < 4.78 is 0. The van der Waals surface area contributed by atoms with Crippen LogP contribution in [0.5, 0.6) is 0 Å². The van der Waals surface area contributed by atoms with Gasteiger partial charge in [-0.2, -0.15) is 0 Å². The van der Waals surface area contributed by atoms with E-state index in [1.165, 1.54) is 12.8 Å². The van der Waals surface area contributed by atoms with Gasteiger partial charge in [0.15, 0.2) is 0 Å². The Morgan fingerprint density at radius 3 is 2.29 bits per heavy atom. The molecule has 0 aromatic rings. The van der Waals surface area contributed by atoms with Crippen LogP contribution in [0.1, 0.15) is 59.3 Å². The molecule has 0 aliphatic heterocycles. The van der Waals surface area contributed by atoms with Crippen molar-refractivity contribution in [3.05, 3.63) is 0 Å². The molecule has 0 heterocycles. The zero-order valence-electron chi connectivity index (χ0n) is 15.3. The van der Waals surface area contributed by atoms with Crippen molar-refractivity contribution in [3.63, 3.8) is 0 Å². The second-order valence-electron chi connectivity index (χ2n) is 7.71. The number of amides is 2. The van der Waals surface area contributed by atoms with E-state index in [9.17, 15) is 9.59 Å². The molecule has 6 nitrogen and oxygen atoms in total. The number of carbonyl (C=O) groups is 2. The molecule has 2 amide bonds. The number of hydrogen-bond acceptors (Lipinski definition) is 3. The van der Waals surface area contributed by atoms with Crippen LogP contribution in [-0.4, -0.2) is 64.7 Å². The summed E-state index contributed by atoms with van der Waals surface area (Å²) in [5, 5.41) is 12.1. The number of carboxylic acids is 1. The Balaban J connectivity index is 1.82. The summed E-state index contributed by atoms with van der Waals surface area (Å²) in [6, 6.07) is 0.922. The number of nitrogens with zero attached hydrogens (tertiary/aromatic N) is 2. The molecular formula is C18H33N3O3. The van der Waals surface area contributed by atoms with Gasteiger partial charge in [0.25, 0.3) is 0 Å². The highest BCUT2D eigenvalue weighted by atomic mass is 16.4. The van der Waals surface area contributed by atoms with E-state index in [1.54, 1.807) is 0 Å². The van der Waals surface area contributed by atoms with E-state index in [0.717, 1.165) is 38.8 Å². The normalized spacial score (nSPS) is 24.2. The van der Waals surface area contributed by atoms with Gasteiger partial charge in [-0.3, -0.25) is 9.69 Å². The van der Waals surface area contributed by atoms with Crippen molar-refractivity contribution in [2.45, 2.75) is 77.4 Å². The van der Waals surface area contributed by atoms with Crippen LogP contribution in [0.4, 0.5) is 4.79 Å². The quantitative estimate of drug-likeness (QED) is 0.713. The highest BCUT2D eigenvalue weighted by molar-refractivity contribution is 5.75. The van der Waals surface area contributed by atoms with Crippen LogP contribution in [0.15, 0.2) is 0 Å². The van der Waals surface area contributed by atoms with Crippen LogP contribution in [0.2, 0.25) is 0 Å². The largest absolute Gasteiger partial charge is 0.480 e. The van der Waals surface area contributed by atoms with Gasteiger partial charge in [-0.05, 0) is 38.1 Å². The molecule has 2 N–H and O–H groups in total. The molecule has 6 heteroatoms. The fraction of sp³-hybridized carbons (Fsp3) is 0.889. The van der Waals surface area contributed by atoms with E-state index in [-0.39, 0.29) is 24.7 Å². The maximum Gasteiger partial charge on any atom is 0.317 e. The lowest BCUT2D eigenvalue weighted by Gasteiger charge is -2.43. The second-order valence-corrected chi connectivity index (χ2v) is 7.71. The van der Waals surface area contributed by atoms with Crippen molar-refractivity contribution in [1.82, 2.24) is 15.1 Å². The van der Waals surface area contributed by atoms with E-state index >= 15 is 0 Å². The smallest absolute Gasteiger partial charge is 0.317 e. The maximum absolute atomic E-state index is 12.7. The van der Waals surface area contributed by atoms with E-state index in [2.05, 4.69) is 19.2 Å². The molecule has 2 aliphatic carbocycles. The van der Waals surface area contributed by atoms with Crippen LogP contribution >= 0.6 is 0 Å². The number of hydrogen-bond donors (Lipinski definition) is 2. The maximum atomic E-state index is 12.7. The van der Waals surface area contributed by atoms with Crippen LogP contribution in [0.3, 0.4) is 0 Å². The van der Waals surface area contributed by atoms with Gasteiger partial charge in [0, 0.05) is 24.7 Å². The first-order chi connectivity index (χ1) is 11.4. The summed E-state index contributed by atoms with van der Waals surface area (Å²) in [6.45, 7) is 7.92. The summed E-state index contributed by atoms with van der Waals surface area (Å²) in [4.78, 5) is 27.6. The van der Waals surface area contributed by atoms with Crippen molar-refractivity contribution in [2.75, 3.05) is 19.6 Å². The highest BCUT2D eigenvalue weighted by Gasteiger charge is 2.36. The van der Waals surface area contributed by atoms with Gasteiger partial charge in [-0.15, -0.1) is 0 Å². The first-order valence-corrected chi connectivity index (χ1v) is 9.43. The monoisotopic (exact) mass is 339 g/mol. The predicted molar refractivity (Wildman–Crippen MR) is 94.0 cm³/mol. The zero-order chi connectivity index (χ0) is 17.7. The van der Waals surface area contributed by atoms with Gasteiger partial charge < -0.3 is 15.3 Å². The molecule has 138 valence electrons. The predicted octanol–water partition coefficient (Wildman–Crippen LogP) is 2.53. The number of aliphatic carboxylic acids is 1. The minimum atomic E-state index is -0.784. The number of nitrogens with one attached hydrogen (secondary N) is 1. The van der Waals surface area contributed by atoms with E-state index in [1.807, 2.05) is 16.7 Å². The number of rotatable bonds is 8. The minimum Gasteiger partial charge on any atom is -0.480 e. The molecule has 2 saturated carbocycles.